The lowest BCUT2D eigenvalue weighted by molar-refractivity contribution is 0.196. The van der Waals surface area contributed by atoms with Crippen molar-refractivity contribution >= 4 is 17.1 Å². The summed E-state index contributed by atoms with van der Waals surface area (Å²) in [4.78, 5) is 0. The highest BCUT2D eigenvalue weighted by Gasteiger charge is 2.39. The van der Waals surface area contributed by atoms with Gasteiger partial charge in [-0.2, -0.15) is 0 Å². The molecule has 0 saturated heterocycles. The molecule has 172 valence electrons. The molecule has 0 saturated carbocycles. The molecule has 3 nitrogen and oxygen atoms in total. The van der Waals surface area contributed by atoms with E-state index in [4.69, 9.17) is 13.0 Å². The third-order valence-corrected chi connectivity index (χ3v) is 11.7. The van der Waals surface area contributed by atoms with Crippen LogP contribution in [-0.4, -0.2) is 30.3 Å². The van der Waals surface area contributed by atoms with E-state index in [1.165, 1.54) is 77.0 Å². The SMILES string of the molecule is C=C[Si](C)(OCCCCCCC)O[Si](C)(C=C)OCCCCCCCCCCC. The van der Waals surface area contributed by atoms with E-state index in [0.29, 0.717) is 0 Å². The molecule has 29 heavy (non-hydrogen) atoms. The van der Waals surface area contributed by atoms with E-state index in [1.807, 2.05) is 11.4 Å². The Balaban J connectivity index is 4.06. The molecule has 0 aliphatic heterocycles. The summed E-state index contributed by atoms with van der Waals surface area (Å²) < 4.78 is 18.8. The number of rotatable bonds is 22. The van der Waals surface area contributed by atoms with E-state index in [0.717, 1.165) is 26.1 Å². The van der Waals surface area contributed by atoms with Crippen LogP contribution in [0.4, 0.5) is 0 Å². The van der Waals surface area contributed by atoms with Crippen LogP contribution < -0.4 is 0 Å². The van der Waals surface area contributed by atoms with Crippen molar-refractivity contribution < 1.29 is 13.0 Å². The fraction of sp³-hybridized carbons (Fsp3) is 0.833. The molecule has 0 aromatic rings. The van der Waals surface area contributed by atoms with Crippen molar-refractivity contribution in [2.45, 2.75) is 117 Å². The Bertz CT molecular complexity index is 406. The summed E-state index contributed by atoms with van der Waals surface area (Å²) >= 11 is 0. The first-order valence-corrected chi connectivity index (χ1v) is 17.0. The zero-order valence-electron chi connectivity index (χ0n) is 20.1. The summed E-state index contributed by atoms with van der Waals surface area (Å²) in [5, 5.41) is 0. The van der Waals surface area contributed by atoms with Crippen LogP contribution in [0.25, 0.3) is 0 Å². The predicted octanol–water partition coefficient (Wildman–Crippen LogP) is 8.13. The average Bonchev–Trinajstić information content (AvgIpc) is 2.72. The van der Waals surface area contributed by atoms with E-state index < -0.39 is 17.1 Å². The Morgan fingerprint density at radius 3 is 1.17 bits per heavy atom. The maximum atomic E-state index is 6.43. The average molecular weight is 443 g/mol. The van der Waals surface area contributed by atoms with Crippen molar-refractivity contribution in [2.24, 2.45) is 0 Å². The number of hydrogen-bond donors (Lipinski definition) is 0. The van der Waals surface area contributed by atoms with Gasteiger partial charge in [0.15, 0.2) is 0 Å². The first-order chi connectivity index (χ1) is 13.9. The van der Waals surface area contributed by atoms with E-state index in [2.05, 4.69) is 40.1 Å². The number of unbranched alkanes of at least 4 members (excludes halogenated alkanes) is 12. The second kappa shape index (κ2) is 18.6. The van der Waals surface area contributed by atoms with Crippen LogP contribution in [0.1, 0.15) is 104 Å². The van der Waals surface area contributed by atoms with Crippen LogP contribution >= 0.6 is 0 Å². The molecule has 0 bridgehead atoms. The first-order valence-electron chi connectivity index (χ1n) is 12.2. The molecule has 2 atom stereocenters. The van der Waals surface area contributed by atoms with Gasteiger partial charge in [-0.15, -0.1) is 13.2 Å². The fourth-order valence-electron chi connectivity index (χ4n) is 3.33. The van der Waals surface area contributed by atoms with Gasteiger partial charge in [-0.25, -0.2) is 0 Å². The van der Waals surface area contributed by atoms with E-state index >= 15 is 0 Å². The molecular formula is C24H50O3Si2. The van der Waals surface area contributed by atoms with E-state index in [9.17, 15) is 0 Å². The summed E-state index contributed by atoms with van der Waals surface area (Å²) in [7, 11) is -4.84. The minimum Gasteiger partial charge on any atom is -0.409 e. The van der Waals surface area contributed by atoms with Crippen molar-refractivity contribution in [3.63, 3.8) is 0 Å². The van der Waals surface area contributed by atoms with Gasteiger partial charge >= 0.3 is 17.1 Å². The highest BCUT2D eigenvalue weighted by atomic mass is 28.5. The Morgan fingerprint density at radius 2 is 0.862 bits per heavy atom. The van der Waals surface area contributed by atoms with Gasteiger partial charge in [0.2, 0.25) is 0 Å². The van der Waals surface area contributed by atoms with Crippen LogP contribution in [-0.2, 0) is 13.0 Å². The van der Waals surface area contributed by atoms with E-state index in [-0.39, 0.29) is 0 Å². The lowest BCUT2D eigenvalue weighted by atomic mass is 10.1. The molecule has 5 heteroatoms. The van der Waals surface area contributed by atoms with Crippen LogP contribution in [0.2, 0.25) is 13.1 Å². The molecule has 0 aliphatic rings. The standard InChI is InChI=1S/C24H50O3Si2/c1-7-11-13-15-16-17-18-20-22-24-26-29(6,10-4)27-28(5,9-3)25-23-21-19-14-12-8-2/h9-10H,3-4,7-8,11-24H2,1-2,5-6H3. The Kier molecular flexibility index (Phi) is 18.4. The molecule has 2 unspecified atom stereocenters. The van der Waals surface area contributed by atoms with Crippen LogP contribution in [0.5, 0.6) is 0 Å². The fourth-order valence-corrected chi connectivity index (χ4v) is 9.02. The maximum absolute atomic E-state index is 6.43. The minimum atomic E-state index is -2.42. The molecule has 0 aromatic carbocycles. The van der Waals surface area contributed by atoms with Crippen molar-refractivity contribution in [2.75, 3.05) is 13.2 Å². The van der Waals surface area contributed by atoms with Crippen LogP contribution in [0.3, 0.4) is 0 Å². The zero-order valence-corrected chi connectivity index (χ0v) is 22.1. The highest BCUT2D eigenvalue weighted by Crippen LogP contribution is 2.20. The van der Waals surface area contributed by atoms with Gasteiger partial charge in [-0.3, -0.25) is 0 Å². The smallest absolute Gasteiger partial charge is 0.352 e. The van der Waals surface area contributed by atoms with Crippen molar-refractivity contribution in [1.29, 1.82) is 0 Å². The molecule has 0 aromatic heterocycles. The van der Waals surface area contributed by atoms with Gasteiger partial charge in [0, 0.05) is 13.2 Å². The third kappa shape index (κ3) is 16.2. The van der Waals surface area contributed by atoms with Crippen molar-refractivity contribution in [3.05, 3.63) is 24.6 Å². The Hall–Kier alpha value is -0.206. The Labute approximate surface area is 184 Å². The van der Waals surface area contributed by atoms with Crippen LogP contribution in [0, 0.1) is 0 Å². The molecule has 0 aliphatic carbocycles. The summed E-state index contributed by atoms with van der Waals surface area (Å²) in [6.07, 6.45) is 18.0. The molecule has 0 spiro atoms. The first kappa shape index (κ1) is 28.8. The second-order valence-corrected chi connectivity index (χ2v) is 14.8. The normalized spacial score (nSPS) is 15.6. The van der Waals surface area contributed by atoms with E-state index in [1.54, 1.807) is 0 Å². The molecule has 0 heterocycles. The van der Waals surface area contributed by atoms with Gasteiger partial charge in [0.05, 0.1) is 0 Å². The quantitative estimate of drug-likeness (QED) is 0.125. The molecule has 0 N–H and O–H groups in total. The molecule has 0 amide bonds. The summed E-state index contributed by atoms with van der Waals surface area (Å²) in [6.45, 7) is 18.1. The predicted molar refractivity (Wildman–Crippen MR) is 133 cm³/mol. The van der Waals surface area contributed by atoms with Crippen molar-refractivity contribution in [3.8, 4) is 0 Å². The molecular weight excluding hydrogens is 392 g/mol. The maximum Gasteiger partial charge on any atom is 0.352 e. The van der Waals surface area contributed by atoms with Gasteiger partial charge in [-0.05, 0) is 25.9 Å². The summed E-state index contributed by atoms with van der Waals surface area (Å²) in [5.74, 6) is 0. The largest absolute Gasteiger partial charge is 0.409 e. The van der Waals surface area contributed by atoms with Crippen LogP contribution in [0.15, 0.2) is 24.6 Å². The zero-order chi connectivity index (χ0) is 21.8. The lowest BCUT2D eigenvalue weighted by Gasteiger charge is -2.33. The van der Waals surface area contributed by atoms with Gasteiger partial charge in [0.1, 0.15) is 0 Å². The van der Waals surface area contributed by atoms with Crippen molar-refractivity contribution in [1.82, 2.24) is 0 Å². The second-order valence-electron chi connectivity index (χ2n) is 8.48. The lowest BCUT2D eigenvalue weighted by Crippen LogP contribution is -2.50. The molecule has 0 fully saturated rings. The summed E-state index contributed by atoms with van der Waals surface area (Å²) in [5.41, 5.74) is 3.77. The highest BCUT2D eigenvalue weighted by molar-refractivity contribution is 6.84. The third-order valence-electron chi connectivity index (χ3n) is 5.42. The topological polar surface area (TPSA) is 27.7 Å². The van der Waals surface area contributed by atoms with Gasteiger partial charge in [0.25, 0.3) is 0 Å². The van der Waals surface area contributed by atoms with Gasteiger partial charge < -0.3 is 13.0 Å². The monoisotopic (exact) mass is 442 g/mol. The Morgan fingerprint density at radius 1 is 0.552 bits per heavy atom. The minimum absolute atomic E-state index is 0.748. The number of hydrogen-bond acceptors (Lipinski definition) is 3. The molecule has 0 radical (unpaired) electrons. The summed E-state index contributed by atoms with van der Waals surface area (Å²) in [6, 6.07) is 0. The van der Waals surface area contributed by atoms with Gasteiger partial charge in [-0.1, -0.05) is 102 Å². The molecule has 0 rings (SSSR count).